The molecule has 0 atom stereocenters. The topological polar surface area (TPSA) is 83.7 Å². The number of rotatable bonds is 6. The zero-order valence-corrected chi connectivity index (χ0v) is 10.8. The molecular weight excluding hydrogens is 272 g/mol. The Morgan fingerprint density at radius 3 is 2.68 bits per heavy atom. The molecule has 1 aromatic carbocycles. The molecule has 1 fully saturated rings. The molecule has 0 aliphatic heterocycles. The fraction of sp³-hybridized carbons (Fsp3) is 0.417. The van der Waals surface area contributed by atoms with Gasteiger partial charge in [-0.1, -0.05) is 11.6 Å². The van der Waals surface area contributed by atoms with Gasteiger partial charge in [0.15, 0.2) is 0 Å². The normalized spacial score (nSPS) is 14.2. The summed E-state index contributed by atoms with van der Waals surface area (Å²) in [4.78, 5) is 22.6. The lowest BCUT2D eigenvalue weighted by atomic mass is 10.2. The van der Waals surface area contributed by atoms with Gasteiger partial charge in [0.25, 0.3) is 5.69 Å². The third-order valence-corrected chi connectivity index (χ3v) is 3.29. The number of halogens is 1. The van der Waals surface area contributed by atoms with E-state index < -0.39 is 10.9 Å². The van der Waals surface area contributed by atoms with E-state index in [0.717, 1.165) is 12.8 Å². The monoisotopic (exact) mass is 284 g/mol. The molecule has 1 aliphatic carbocycles. The van der Waals surface area contributed by atoms with Gasteiger partial charge in [0.05, 0.1) is 15.6 Å². The highest BCUT2D eigenvalue weighted by molar-refractivity contribution is 6.33. The summed E-state index contributed by atoms with van der Waals surface area (Å²) in [5.74, 6) is -0.458. The van der Waals surface area contributed by atoms with Gasteiger partial charge in [-0.3, -0.25) is 14.9 Å². The highest BCUT2D eigenvalue weighted by atomic mass is 35.5. The molecule has 0 saturated heterocycles. The summed E-state index contributed by atoms with van der Waals surface area (Å²) in [7, 11) is 0. The minimum atomic E-state index is -0.949. The fourth-order valence-corrected chi connectivity index (χ4v) is 2.18. The van der Waals surface area contributed by atoms with Crippen LogP contribution in [-0.2, 0) is 4.79 Å². The van der Waals surface area contributed by atoms with E-state index >= 15 is 0 Å². The summed E-state index contributed by atoms with van der Waals surface area (Å²) < 4.78 is 0. The van der Waals surface area contributed by atoms with Crippen LogP contribution in [0.15, 0.2) is 18.2 Å². The van der Waals surface area contributed by atoms with Crippen molar-refractivity contribution in [3.8, 4) is 0 Å². The Morgan fingerprint density at radius 2 is 2.21 bits per heavy atom. The number of nitrogens with zero attached hydrogens (tertiary/aromatic N) is 2. The molecule has 19 heavy (non-hydrogen) atoms. The molecular formula is C12H13ClN2O4. The van der Waals surface area contributed by atoms with E-state index in [1.54, 1.807) is 4.90 Å². The second-order valence-corrected chi connectivity index (χ2v) is 5.02. The van der Waals surface area contributed by atoms with E-state index in [1.165, 1.54) is 18.2 Å². The van der Waals surface area contributed by atoms with Crippen LogP contribution in [0.3, 0.4) is 0 Å². The van der Waals surface area contributed by atoms with Gasteiger partial charge in [-0.2, -0.15) is 0 Å². The highest BCUT2D eigenvalue weighted by Gasteiger charge is 2.26. The van der Waals surface area contributed by atoms with Crippen LogP contribution < -0.4 is 4.90 Å². The Kier molecular flexibility index (Phi) is 3.90. The summed E-state index contributed by atoms with van der Waals surface area (Å²) in [6.07, 6.45) is 2.17. The second-order valence-electron chi connectivity index (χ2n) is 4.61. The molecule has 1 aliphatic rings. The van der Waals surface area contributed by atoms with E-state index in [-0.39, 0.29) is 17.3 Å². The number of carbonyl (C=O) groups is 1. The van der Waals surface area contributed by atoms with Crippen LogP contribution in [0.25, 0.3) is 0 Å². The number of hydrogen-bond acceptors (Lipinski definition) is 4. The molecule has 1 N–H and O–H groups in total. The molecule has 1 aromatic rings. The Labute approximate surface area is 114 Å². The summed E-state index contributed by atoms with van der Waals surface area (Å²) in [5.41, 5.74) is 0.428. The van der Waals surface area contributed by atoms with Crippen molar-refractivity contribution in [3.63, 3.8) is 0 Å². The van der Waals surface area contributed by atoms with Gasteiger partial charge in [0.2, 0.25) is 0 Å². The van der Waals surface area contributed by atoms with Crippen LogP contribution in [0.2, 0.25) is 5.02 Å². The van der Waals surface area contributed by atoms with Crippen LogP contribution in [0.5, 0.6) is 0 Å². The maximum atomic E-state index is 10.9. The minimum Gasteiger partial charge on any atom is -0.480 e. The quantitative estimate of drug-likeness (QED) is 0.641. The third-order valence-electron chi connectivity index (χ3n) is 2.98. The Bertz CT molecular complexity index is 516. The van der Waals surface area contributed by atoms with Crippen LogP contribution in [-0.4, -0.2) is 29.1 Å². The average Bonchev–Trinajstić information content (AvgIpc) is 3.11. The van der Waals surface area contributed by atoms with Crippen molar-refractivity contribution in [2.45, 2.75) is 12.8 Å². The molecule has 6 nitrogen and oxygen atoms in total. The SMILES string of the molecule is O=C(O)CN(CC1CC1)c1ccc([N+](=O)[O-])cc1Cl. The smallest absolute Gasteiger partial charge is 0.323 e. The fourth-order valence-electron chi connectivity index (χ4n) is 1.89. The molecule has 0 spiro atoms. The molecule has 0 amide bonds. The number of nitro groups is 1. The molecule has 2 rings (SSSR count). The number of non-ortho nitro benzene ring substituents is 1. The van der Waals surface area contributed by atoms with Crippen LogP contribution in [0, 0.1) is 16.0 Å². The summed E-state index contributed by atoms with van der Waals surface area (Å²) in [6, 6.07) is 4.09. The lowest BCUT2D eigenvalue weighted by Gasteiger charge is -2.23. The molecule has 7 heteroatoms. The zero-order valence-electron chi connectivity index (χ0n) is 10.1. The average molecular weight is 285 g/mol. The maximum absolute atomic E-state index is 10.9. The predicted molar refractivity (Wildman–Crippen MR) is 70.7 cm³/mol. The van der Waals surface area contributed by atoms with E-state index in [1.807, 2.05) is 0 Å². The van der Waals surface area contributed by atoms with Crippen molar-refractivity contribution in [1.29, 1.82) is 0 Å². The molecule has 0 aromatic heterocycles. The van der Waals surface area contributed by atoms with Crippen molar-refractivity contribution in [2.75, 3.05) is 18.0 Å². The van der Waals surface area contributed by atoms with E-state index in [0.29, 0.717) is 18.2 Å². The van der Waals surface area contributed by atoms with E-state index in [9.17, 15) is 14.9 Å². The van der Waals surface area contributed by atoms with Gasteiger partial charge in [0.1, 0.15) is 6.54 Å². The zero-order chi connectivity index (χ0) is 14.0. The Hall–Kier alpha value is -1.82. The predicted octanol–water partition coefficient (Wildman–Crippen LogP) is 2.55. The first-order chi connectivity index (χ1) is 8.97. The summed E-state index contributed by atoms with van der Waals surface area (Å²) in [6.45, 7) is 0.456. The van der Waals surface area contributed by atoms with Crippen LogP contribution >= 0.6 is 11.6 Å². The maximum Gasteiger partial charge on any atom is 0.323 e. The van der Waals surface area contributed by atoms with Gasteiger partial charge >= 0.3 is 5.97 Å². The lowest BCUT2D eigenvalue weighted by molar-refractivity contribution is -0.384. The number of hydrogen-bond donors (Lipinski definition) is 1. The lowest BCUT2D eigenvalue weighted by Crippen LogP contribution is -2.31. The highest BCUT2D eigenvalue weighted by Crippen LogP contribution is 2.35. The van der Waals surface area contributed by atoms with Crippen molar-refractivity contribution < 1.29 is 14.8 Å². The van der Waals surface area contributed by atoms with Gasteiger partial charge in [-0.25, -0.2) is 0 Å². The molecule has 1 saturated carbocycles. The Balaban J connectivity index is 2.24. The van der Waals surface area contributed by atoms with Crippen LogP contribution in [0.1, 0.15) is 12.8 Å². The number of benzene rings is 1. The van der Waals surface area contributed by atoms with Gasteiger partial charge in [-0.15, -0.1) is 0 Å². The second kappa shape index (κ2) is 5.44. The number of carboxylic acids is 1. The van der Waals surface area contributed by atoms with Gasteiger partial charge < -0.3 is 10.0 Å². The first-order valence-corrected chi connectivity index (χ1v) is 6.26. The Morgan fingerprint density at radius 1 is 1.53 bits per heavy atom. The molecule has 0 bridgehead atoms. The first-order valence-electron chi connectivity index (χ1n) is 5.88. The van der Waals surface area contributed by atoms with Crippen molar-refractivity contribution in [1.82, 2.24) is 0 Å². The first kappa shape index (κ1) is 13.6. The summed E-state index contributed by atoms with van der Waals surface area (Å²) in [5, 5.41) is 19.8. The minimum absolute atomic E-state index is 0.101. The third kappa shape index (κ3) is 3.57. The number of nitro benzene ring substituents is 1. The van der Waals surface area contributed by atoms with E-state index in [4.69, 9.17) is 16.7 Å². The number of carboxylic acid groups (broad SMARTS) is 1. The van der Waals surface area contributed by atoms with Gasteiger partial charge in [0, 0.05) is 18.7 Å². The van der Waals surface area contributed by atoms with E-state index in [2.05, 4.69) is 0 Å². The van der Waals surface area contributed by atoms with Crippen molar-refractivity contribution in [2.24, 2.45) is 5.92 Å². The number of anilines is 1. The van der Waals surface area contributed by atoms with Gasteiger partial charge in [-0.05, 0) is 24.8 Å². The van der Waals surface area contributed by atoms with Crippen LogP contribution in [0.4, 0.5) is 11.4 Å². The standard InChI is InChI=1S/C12H13ClN2O4/c13-10-5-9(15(18)19)3-4-11(10)14(7-12(16)17)6-8-1-2-8/h3-5,8H,1-2,6-7H2,(H,16,17). The molecule has 0 heterocycles. The summed E-state index contributed by atoms with van der Waals surface area (Å²) >= 11 is 6.02. The van der Waals surface area contributed by atoms with Crippen molar-refractivity contribution >= 4 is 28.9 Å². The van der Waals surface area contributed by atoms with Crippen molar-refractivity contribution in [3.05, 3.63) is 33.3 Å². The molecule has 0 radical (unpaired) electrons. The molecule has 102 valence electrons. The molecule has 0 unspecified atom stereocenters. The largest absolute Gasteiger partial charge is 0.480 e. The number of aliphatic carboxylic acids is 1.